The van der Waals surface area contributed by atoms with E-state index >= 15 is 0 Å². The van der Waals surface area contributed by atoms with Crippen LogP contribution >= 0.6 is 0 Å². The van der Waals surface area contributed by atoms with Gasteiger partial charge in [-0.15, -0.1) is 0 Å². The van der Waals surface area contributed by atoms with Crippen LogP contribution in [0.3, 0.4) is 0 Å². The molecule has 84 valence electrons. The van der Waals surface area contributed by atoms with E-state index in [0.717, 1.165) is 31.9 Å². The molecule has 0 bridgehead atoms. The number of nitrogens with zero attached hydrogens (tertiary/aromatic N) is 4. The molecule has 0 unspecified atom stereocenters. The van der Waals surface area contributed by atoms with Crippen LogP contribution in [-0.2, 0) is 4.74 Å². The van der Waals surface area contributed by atoms with Crippen LogP contribution < -0.4 is 4.90 Å². The topological polar surface area (TPSA) is 62.0 Å². The lowest BCUT2D eigenvalue weighted by atomic mass is 10.1. The van der Waals surface area contributed by atoms with Crippen LogP contribution in [0, 0.1) is 11.3 Å². The standard InChI is InChI=1S/C11H14N4O/c1-15(10-2-4-16-5-3-10)11-6-9(7-12)13-8-14-11/h6,8,10H,2-5H2,1H3. The maximum Gasteiger partial charge on any atom is 0.145 e. The maximum absolute atomic E-state index is 8.78. The minimum Gasteiger partial charge on any atom is -0.381 e. The zero-order valence-corrected chi connectivity index (χ0v) is 9.26. The first-order valence-corrected chi connectivity index (χ1v) is 5.34. The van der Waals surface area contributed by atoms with Crippen molar-refractivity contribution >= 4 is 5.82 Å². The minimum absolute atomic E-state index is 0.406. The van der Waals surface area contributed by atoms with Gasteiger partial charge in [0.1, 0.15) is 23.9 Å². The zero-order valence-electron chi connectivity index (χ0n) is 9.26. The van der Waals surface area contributed by atoms with Gasteiger partial charge in [0.15, 0.2) is 0 Å². The molecule has 0 atom stereocenters. The van der Waals surface area contributed by atoms with Gasteiger partial charge in [-0.25, -0.2) is 9.97 Å². The number of hydrogen-bond donors (Lipinski definition) is 0. The van der Waals surface area contributed by atoms with E-state index in [1.165, 1.54) is 6.33 Å². The molecule has 2 rings (SSSR count). The Kier molecular flexibility index (Phi) is 3.32. The fraction of sp³-hybridized carbons (Fsp3) is 0.545. The Morgan fingerprint density at radius 3 is 2.88 bits per heavy atom. The molecule has 1 aromatic heterocycles. The van der Waals surface area contributed by atoms with Crippen LogP contribution in [0.15, 0.2) is 12.4 Å². The smallest absolute Gasteiger partial charge is 0.145 e. The molecule has 1 aliphatic rings. The first-order chi connectivity index (χ1) is 7.81. The van der Waals surface area contributed by atoms with Gasteiger partial charge in [-0.2, -0.15) is 5.26 Å². The third kappa shape index (κ3) is 2.28. The summed E-state index contributed by atoms with van der Waals surface area (Å²) in [7, 11) is 2.00. The van der Waals surface area contributed by atoms with Crippen LogP contribution in [0.4, 0.5) is 5.82 Å². The summed E-state index contributed by atoms with van der Waals surface area (Å²) < 4.78 is 5.32. The number of nitriles is 1. The average molecular weight is 218 g/mol. The molecular weight excluding hydrogens is 204 g/mol. The molecule has 0 aliphatic carbocycles. The summed E-state index contributed by atoms with van der Waals surface area (Å²) in [6, 6.07) is 4.18. The maximum atomic E-state index is 8.78. The van der Waals surface area contributed by atoms with E-state index in [4.69, 9.17) is 10.00 Å². The molecule has 16 heavy (non-hydrogen) atoms. The monoisotopic (exact) mass is 218 g/mol. The van der Waals surface area contributed by atoms with Gasteiger partial charge in [-0.1, -0.05) is 0 Å². The summed E-state index contributed by atoms with van der Waals surface area (Å²) in [4.78, 5) is 10.1. The SMILES string of the molecule is CN(c1cc(C#N)ncn1)C1CCOCC1. The molecule has 0 aromatic carbocycles. The largest absolute Gasteiger partial charge is 0.381 e. The number of aromatic nitrogens is 2. The van der Waals surface area contributed by atoms with Gasteiger partial charge >= 0.3 is 0 Å². The molecule has 0 N–H and O–H groups in total. The van der Waals surface area contributed by atoms with Crippen molar-refractivity contribution in [1.82, 2.24) is 9.97 Å². The molecule has 0 saturated carbocycles. The van der Waals surface area contributed by atoms with Crippen molar-refractivity contribution in [2.45, 2.75) is 18.9 Å². The zero-order chi connectivity index (χ0) is 11.4. The molecular formula is C11H14N4O. The molecule has 0 spiro atoms. The van der Waals surface area contributed by atoms with Gasteiger partial charge in [0.2, 0.25) is 0 Å². The van der Waals surface area contributed by atoms with E-state index in [1.807, 2.05) is 13.1 Å². The van der Waals surface area contributed by atoms with Gasteiger partial charge in [-0.05, 0) is 12.8 Å². The highest BCUT2D eigenvalue weighted by Crippen LogP contribution is 2.18. The molecule has 0 radical (unpaired) electrons. The van der Waals surface area contributed by atoms with Crippen molar-refractivity contribution in [3.8, 4) is 6.07 Å². The molecule has 5 nitrogen and oxygen atoms in total. The summed E-state index contributed by atoms with van der Waals surface area (Å²) in [5.41, 5.74) is 0.406. The van der Waals surface area contributed by atoms with Crippen LogP contribution in [0.1, 0.15) is 18.5 Å². The second-order valence-corrected chi connectivity index (χ2v) is 3.83. The van der Waals surface area contributed by atoms with E-state index in [0.29, 0.717) is 11.7 Å². The molecule has 5 heteroatoms. The highest BCUT2D eigenvalue weighted by atomic mass is 16.5. The van der Waals surface area contributed by atoms with Crippen molar-refractivity contribution in [1.29, 1.82) is 5.26 Å². The molecule has 1 fully saturated rings. The second-order valence-electron chi connectivity index (χ2n) is 3.83. The molecule has 1 aromatic rings. The van der Waals surface area contributed by atoms with Crippen LogP contribution in [0.5, 0.6) is 0 Å². The first kappa shape index (κ1) is 10.8. The predicted octanol–water partition coefficient (Wildman–Crippen LogP) is 0.963. The van der Waals surface area contributed by atoms with Crippen molar-refractivity contribution in [2.24, 2.45) is 0 Å². The van der Waals surface area contributed by atoms with Gasteiger partial charge in [-0.3, -0.25) is 0 Å². The quantitative estimate of drug-likeness (QED) is 0.740. The van der Waals surface area contributed by atoms with Gasteiger partial charge in [0.05, 0.1) is 0 Å². The Labute approximate surface area is 94.7 Å². The van der Waals surface area contributed by atoms with Crippen molar-refractivity contribution in [3.63, 3.8) is 0 Å². The van der Waals surface area contributed by atoms with Crippen molar-refractivity contribution in [2.75, 3.05) is 25.2 Å². The van der Waals surface area contributed by atoms with E-state index in [9.17, 15) is 0 Å². The lowest BCUT2D eigenvalue weighted by molar-refractivity contribution is 0.0853. The highest BCUT2D eigenvalue weighted by Gasteiger charge is 2.19. The van der Waals surface area contributed by atoms with Gasteiger partial charge in [0, 0.05) is 32.4 Å². The summed E-state index contributed by atoms with van der Waals surface area (Å²) >= 11 is 0. The van der Waals surface area contributed by atoms with E-state index in [1.54, 1.807) is 6.07 Å². The van der Waals surface area contributed by atoms with Crippen molar-refractivity contribution in [3.05, 3.63) is 18.1 Å². The van der Waals surface area contributed by atoms with E-state index in [2.05, 4.69) is 14.9 Å². The van der Waals surface area contributed by atoms with Crippen LogP contribution in [0.25, 0.3) is 0 Å². The summed E-state index contributed by atoms with van der Waals surface area (Å²) in [6.45, 7) is 1.59. The summed E-state index contributed by atoms with van der Waals surface area (Å²) in [5, 5.41) is 8.78. The fourth-order valence-electron chi connectivity index (χ4n) is 1.86. The first-order valence-electron chi connectivity index (χ1n) is 5.34. The van der Waals surface area contributed by atoms with E-state index in [-0.39, 0.29) is 0 Å². The van der Waals surface area contributed by atoms with Crippen molar-refractivity contribution < 1.29 is 4.74 Å². The van der Waals surface area contributed by atoms with Gasteiger partial charge < -0.3 is 9.64 Å². The van der Waals surface area contributed by atoms with Gasteiger partial charge in [0.25, 0.3) is 0 Å². The number of anilines is 1. The normalized spacial score (nSPS) is 16.8. The minimum atomic E-state index is 0.406. The fourth-order valence-corrected chi connectivity index (χ4v) is 1.86. The molecule has 1 aliphatic heterocycles. The number of hydrogen-bond acceptors (Lipinski definition) is 5. The Balaban J connectivity index is 2.13. The van der Waals surface area contributed by atoms with E-state index < -0.39 is 0 Å². The summed E-state index contributed by atoms with van der Waals surface area (Å²) in [6.07, 6.45) is 3.44. The average Bonchev–Trinajstić information content (AvgIpc) is 2.39. The Morgan fingerprint density at radius 1 is 1.44 bits per heavy atom. The second kappa shape index (κ2) is 4.90. The number of rotatable bonds is 2. The van der Waals surface area contributed by atoms with Crippen LogP contribution in [-0.4, -0.2) is 36.3 Å². The molecule has 2 heterocycles. The third-order valence-electron chi connectivity index (χ3n) is 2.87. The Morgan fingerprint density at radius 2 is 2.19 bits per heavy atom. The predicted molar refractivity (Wildman–Crippen MR) is 59.0 cm³/mol. The number of ether oxygens (including phenoxy) is 1. The lowest BCUT2D eigenvalue weighted by Crippen LogP contribution is -2.37. The summed E-state index contributed by atoms with van der Waals surface area (Å²) in [5.74, 6) is 0.804. The highest BCUT2D eigenvalue weighted by molar-refractivity contribution is 5.42. The molecule has 1 saturated heterocycles. The third-order valence-corrected chi connectivity index (χ3v) is 2.87. The lowest BCUT2D eigenvalue weighted by Gasteiger charge is -2.31. The Hall–Kier alpha value is -1.67. The van der Waals surface area contributed by atoms with Crippen LogP contribution in [0.2, 0.25) is 0 Å². The Bertz CT molecular complexity index is 395. The molecule has 0 amide bonds.